The third-order valence-corrected chi connectivity index (χ3v) is 4.52. The van der Waals surface area contributed by atoms with Crippen molar-refractivity contribution in [3.63, 3.8) is 0 Å². The Balaban J connectivity index is 1.35. The van der Waals surface area contributed by atoms with Gasteiger partial charge in [0.2, 0.25) is 0 Å². The summed E-state index contributed by atoms with van der Waals surface area (Å²) in [4.78, 5) is 29.2. The summed E-state index contributed by atoms with van der Waals surface area (Å²) in [6.45, 7) is 0.454. The first-order valence-corrected chi connectivity index (χ1v) is 8.95. The van der Waals surface area contributed by atoms with Gasteiger partial charge in [0.15, 0.2) is 0 Å². The molecular formula is C21H15N5O3. The first-order valence-electron chi connectivity index (χ1n) is 8.95. The Morgan fingerprint density at radius 2 is 1.97 bits per heavy atom. The highest BCUT2D eigenvalue weighted by molar-refractivity contribution is 6.05. The molecule has 0 aliphatic heterocycles. The fourth-order valence-corrected chi connectivity index (χ4v) is 3.16. The van der Waals surface area contributed by atoms with Gasteiger partial charge in [0, 0.05) is 24.0 Å². The number of anilines is 1. The first-order chi connectivity index (χ1) is 14.2. The highest BCUT2D eigenvalue weighted by atomic mass is 16.4. The molecule has 4 heterocycles. The smallest absolute Gasteiger partial charge is 0.349 e. The molecule has 142 valence electrons. The molecule has 0 saturated heterocycles. The summed E-state index contributed by atoms with van der Waals surface area (Å²) in [6.07, 6.45) is 7.06. The lowest BCUT2D eigenvalue weighted by molar-refractivity contribution is 0.102. The number of amides is 1. The molecule has 1 aromatic carbocycles. The number of pyridine rings is 1. The molecule has 29 heavy (non-hydrogen) atoms. The van der Waals surface area contributed by atoms with Gasteiger partial charge in [-0.2, -0.15) is 5.10 Å². The van der Waals surface area contributed by atoms with Crippen LogP contribution in [-0.2, 0) is 6.54 Å². The summed E-state index contributed by atoms with van der Waals surface area (Å²) in [6, 6.07) is 14.4. The number of nitrogens with zero attached hydrogens (tertiary/aromatic N) is 4. The van der Waals surface area contributed by atoms with Gasteiger partial charge in [-0.1, -0.05) is 24.3 Å². The lowest BCUT2D eigenvalue weighted by atomic mass is 10.2. The van der Waals surface area contributed by atoms with Gasteiger partial charge in [0.05, 0.1) is 24.1 Å². The Kier molecular flexibility index (Phi) is 3.94. The predicted molar refractivity (Wildman–Crippen MR) is 107 cm³/mol. The van der Waals surface area contributed by atoms with Gasteiger partial charge in [-0.05, 0) is 24.3 Å². The molecule has 0 bridgehead atoms. The third kappa shape index (κ3) is 3.27. The molecule has 0 aliphatic carbocycles. The van der Waals surface area contributed by atoms with E-state index in [0.29, 0.717) is 23.2 Å². The minimum Gasteiger partial charge on any atom is -0.422 e. The van der Waals surface area contributed by atoms with E-state index in [9.17, 15) is 9.59 Å². The third-order valence-electron chi connectivity index (χ3n) is 4.52. The molecule has 8 nitrogen and oxygen atoms in total. The Morgan fingerprint density at radius 3 is 2.86 bits per heavy atom. The van der Waals surface area contributed by atoms with E-state index in [4.69, 9.17) is 4.42 Å². The average molecular weight is 385 g/mol. The molecular weight excluding hydrogens is 370 g/mol. The van der Waals surface area contributed by atoms with Crippen LogP contribution in [0.4, 0.5) is 5.69 Å². The second kappa shape index (κ2) is 6.75. The monoisotopic (exact) mass is 385 g/mol. The van der Waals surface area contributed by atoms with Crippen molar-refractivity contribution in [1.82, 2.24) is 19.2 Å². The molecule has 8 heteroatoms. The van der Waals surface area contributed by atoms with Crippen molar-refractivity contribution in [1.29, 1.82) is 0 Å². The number of rotatable bonds is 4. The molecule has 0 radical (unpaired) electrons. The number of nitrogens with one attached hydrogen (secondary N) is 1. The number of hydrogen-bond donors (Lipinski definition) is 1. The van der Waals surface area contributed by atoms with Crippen molar-refractivity contribution in [2.45, 2.75) is 6.54 Å². The molecule has 5 rings (SSSR count). The number of imidazole rings is 1. The zero-order chi connectivity index (χ0) is 19.8. The minimum absolute atomic E-state index is 0.0585. The highest BCUT2D eigenvalue weighted by Gasteiger charge is 2.15. The largest absolute Gasteiger partial charge is 0.422 e. The van der Waals surface area contributed by atoms with Crippen LogP contribution in [0.25, 0.3) is 16.6 Å². The van der Waals surface area contributed by atoms with Gasteiger partial charge in [0.25, 0.3) is 5.91 Å². The molecule has 5 aromatic rings. The standard InChI is InChI=1S/C21H15N5O3/c27-20(17-9-14-5-1-2-6-18(14)29-21(17)28)24-15-10-22-26(12-15)13-16-11-25-8-4-3-7-19(25)23-16/h1-12H,13H2,(H,24,27). The maximum Gasteiger partial charge on any atom is 0.349 e. The van der Waals surface area contributed by atoms with E-state index in [1.807, 2.05) is 41.1 Å². The van der Waals surface area contributed by atoms with Crippen molar-refractivity contribution >= 4 is 28.2 Å². The predicted octanol–water partition coefficient (Wildman–Crippen LogP) is 2.94. The van der Waals surface area contributed by atoms with Crippen LogP contribution < -0.4 is 10.9 Å². The molecule has 1 N–H and O–H groups in total. The van der Waals surface area contributed by atoms with Crippen LogP contribution in [0, 0.1) is 0 Å². The van der Waals surface area contributed by atoms with Crippen LogP contribution in [0.3, 0.4) is 0 Å². The summed E-state index contributed by atoms with van der Waals surface area (Å²) < 4.78 is 8.81. The van der Waals surface area contributed by atoms with Crippen molar-refractivity contribution in [2.75, 3.05) is 5.32 Å². The summed E-state index contributed by atoms with van der Waals surface area (Å²) in [5, 5.41) is 7.62. The average Bonchev–Trinajstić information content (AvgIpc) is 3.33. The molecule has 0 fully saturated rings. The van der Waals surface area contributed by atoms with Crippen LogP contribution in [0.2, 0.25) is 0 Å². The van der Waals surface area contributed by atoms with E-state index in [1.54, 1.807) is 29.1 Å². The lowest BCUT2D eigenvalue weighted by Crippen LogP contribution is -2.20. The number of para-hydroxylation sites is 1. The van der Waals surface area contributed by atoms with Crippen LogP contribution >= 0.6 is 0 Å². The van der Waals surface area contributed by atoms with E-state index in [-0.39, 0.29) is 5.56 Å². The van der Waals surface area contributed by atoms with E-state index in [1.165, 1.54) is 12.3 Å². The summed E-state index contributed by atoms with van der Waals surface area (Å²) >= 11 is 0. The Bertz CT molecular complexity index is 1380. The Hall–Kier alpha value is -4.20. The quantitative estimate of drug-likeness (QED) is 0.480. The lowest BCUT2D eigenvalue weighted by Gasteiger charge is -2.03. The maximum atomic E-state index is 12.5. The van der Waals surface area contributed by atoms with E-state index in [0.717, 1.165) is 11.3 Å². The molecule has 0 atom stereocenters. The fraction of sp³-hybridized carbons (Fsp3) is 0.0476. The fourth-order valence-electron chi connectivity index (χ4n) is 3.16. The van der Waals surface area contributed by atoms with Crippen molar-refractivity contribution < 1.29 is 9.21 Å². The zero-order valence-electron chi connectivity index (χ0n) is 15.1. The zero-order valence-corrected chi connectivity index (χ0v) is 15.1. The summed E-state index contributed by atoms with van der Waals surface area (Å²) in [5.41, 5.74) is 1.87. The van der Waals surface area contributed by atoms with Crippen LogP contribution in [0.15, 0.2) is 82.5 Å². The Labute approximate surface area is 164 Å². The minimum atomic E-state index is -0.682. The van der Waals surface area contributed by atoms with Gasteiger partial charge >= 0.3 is 5.63 Å². The van der Waals surface area contributed by atoms with Crippen LogP contribution in [0.5, 0.6) is 0 Å². The summed E-state index contributed by atoms with van der Waals surface area (Å²) in [5.74, 6) is -0.545. The van der Waals surface area contributed by atoms with Crippen molar-refractivity contribution in [3.05, 3.63) is 95.0 Å². The molecule has 0 aliphatic rings. The second-order valence-electron chi connectivity index (χ2n) is 6.56. The van der Waals surface area contributed by atoms with Crippen LogP contribution in [0.1, 0.15) is 16.1 Å². The highest BCUT2D eigenvalue weighted by Crippen LogP contribution is 2.14. The molecule has 0 unspecified atom stereocenters. The van der Waals surface area contributed by atoms with Gasteiger partial charge in [-0.25, -0.2) is 9.78 Å². The molecule has 1 amide bonds. The van der Waals surface area contributed by atoms with E-state index >= 15 is 0 Å². The second-order valence-corrected chi connectivity index (χ2v) is 6.56. The van der Waals surface area contributed by atoms with Gasteiger partial charge < -0.3 is 14.1 Å². The van der Waals surface area contributed by atoms with E-state index < -0.39 is 11.5 Å². The Morgan fingerprint density at radius 1 is 1.10 bits per heavy atom. The van der Waals surface area contributed by atoms with Gasteiger partial charge in [-0.3, -0.25) is 9.48 Å². The summed E-state index contributed by atoms with van der Waals surface area (Å²) in [7, 11) is 0. The number of aromatic nitrogens is 4. The van der Waals surface area contributed by atoms with Crippen molar-refractivity contribution in [2.24, 2.45) is 0 Å². The number of benzene rings is 1. The SMILES string of the molecule is O=C(Nc1cnn(Cc2cn3ccccc3n2)c1)c1cc2ccccc2oc1=O. The van der Waals surface area contributed by atoms with Gasteiger partial charge in [0.1, 0.15) is 16.8 Å². The number of carbonyl (C=O) groups excluding carboxylic acids is 1. The van der Waals surface area contributed by atoms with Gasteiger partial charge in [-0.15, -0.1) is 0 Å². The molecule has 0 spiro atoms. The van der Waals surface area contributed by atoms with Crippen LogP contribution in [-0.4, -0.2) is 25.1 Å². The normalized spacial score (nSPS) is 11.2. The van der Waals surface area contributed by atoms with Crippen molar-refractivity contribution in [3.8, 4) is 0 Å². The molecule has 0 saturated carbocycles. The first kappa shape index (κ1) is 16.9. The maximum absolute atomic E-state index is 12.5. The van der Waals surface area contributed by atoms with E-state index in [2.05, 4.69) is 15.4 Å². The number of hydrogen-bond acceptors (Lipinski definition) is 5. The molecule has 4 aromatic heterocycles. The number of fused-ring (bicyclic) bond motifs is 2. The number of carbonyl (C=O) groups is 1. The topological polar surface area (TPSA) is 94.4 Å².